The molecule has 0 aliphatic heterocycles. The number of fused-ring (bicyclic) bond motifs is 1. The molecule has 34 heavy (non-hydrogen) atoms. The molecule has 3 N–H and O–H groups in total. The number of ether oxygens (including phenoxy) is 1. The highest BCUT2D eigenvalue weighted by Crippen LogP contribution is 2.28. The zero-order valence-electron chi connectivity index (χ0n) is 19.5. The van der Waals surface area contributed by atoms with E-state index in [4.69, 9.17) is 4.74 Å². The summed E-state index contributed by atoms with van der Waals surface area (Å²) in [5, 5.41) is 6.66. The van der Waals surface area contributed by atoms with Crippen LogP contribution in [0.25, 0.3) is 22.2 Å². The average molecular weight is 457 g/mol. The van der Waals surface area contributed by atoms with Gasteiger partial charge in [0.05, 0.1) is 0 Å². The van der Waals surface area contributed by atoms with Crippen LogP contribution in [0.1, 0.15) is 26.3 Å². The Bertz CT molecular complexity index is 1270. The van der Waals surface area contributed by atoms with E-state index in [1.807, 2.05) is 72.9 Å². The summed E-state index contributed by atoms with van der Waals surface area (Å²) < 4.78 is 5.36. The van der Waals surface area contributed by atoms with Crippen molar-refractivity contribution >= 4 is 28.7 Å². The number of H-pyrrole nitrogens is 1. The largest absolute Gasteiger partial charge is 0.444 e. The smallest absolute Gasteiger partial charge is 0.408 e. The molecule has 0 spiro atoms. The van der Waals surface area contributed by atoms with E-state index in [2.05, 4.69) is 20.6 Å². The SMILES string of the molecule is CC(C)(C)OC(=O)N[C@@H](Cc1ccccc1)C(=O)Nc1ccc(-c2ccnc3[nH]ccc23)cc1. The number of carbonyl (C=O) groups excluding carboxylic acids is 2. The second-order valence-corrected chi connectivity index (χ2v) is 9.05. The highest BCUT2D eigenvalue weighted by molar-refractivity contribution is 5.97. The van der Waals surface area contributed by atoms with Gasteiger partial charge in [-0.25, -0.2) is 9.78 Å². The van der Waals surface area contributed by atoms with Gasteiger partial charge in [0.1, 0.15) is 17.3 Å². The Balaban J connectivity index is 1.50. The molecule has 0 fully saturated rings. The fourth-order valence-corrected chi connectivity index (χ4v) is 3.68. The normalized spacial score (nSPS) is 12.2. The van der Waals surface area contributed by atoms with Gasteiger partial charge in [0, 0.05) is 29.9 Å². The van der Waals surface area contributed by atoms with Gasteiger partial charge in [0.15, 0.2) is 0 Å². The number of aromatic nitrogens is 2. The molecule has 0 saturated heterocycles. The quantitative estimate of drug-likeness (QED) is 0.367. The molecule has 2 amide bonds. The van der Waals surface area contributed by atoms with Crippen LogP contribution < -0.4 is 10.6 Å². The fourth-order valence-electron chi connectivity index (χ4n) is 3.68. The Hall–Kier alpha value is -4.13. The van der Waals surface area contributed by atoms with Crippen LogP contribution in [0, 0.1) is 0 Å². The van der Waals surface area contributed by atoms with Crippen LogP contribution in [0.15, 0.2) is 79.1 Å². The van der Waals surface area contributed by atoms with Gasteiger partial charge < -0.3 is 20.4 Å². The molecule has 2 aromatic heterocycles. The van der Waals surface area contributed by atoms with E-state index in [9.17, 15) is 9.59 Å². The summed E-state index contributed by atoms with van der Waals surface area (Å²) in [6.07, 6.45) is 3.33. The number of hydrogen-bond donors (Lipinski definition) is 3. The zero-order chi connectivity index (χ0) is 24.1. The second kappa shape index (κ2) is 9.79. The summed E-state index contributed by atoms with van der Waals surface area (Å²) in [5.74, 6) is -0.320. The minimum absolute atomic E-state index is 0.320. The molecular weight excluding hydrogens is 428 g/mol. The van der Waals surface area contributed by atoms with E-state index >= 15 is 0 Å². The van der Waals surface area contributed by atoms with Gasteiger partial charge in [-0.15, -0.1) is 0 Å². The van der Waals surface area contributed by atoms with E-state index in [-0.39, 0.29) is 5.91 Å². The maximum atomic E-state index is 13.1. The minimum atomic E-state index is -0.795. The van der Waals surface area contributed by atoms with Crippen molar-refractivity contribution in [2.24, 2.45) is 0 Å². The van der Waals surface area contributed by atoms with E-state index in [0.29, 0.717) is 12.1 Å². The predicted octanol–water partition coefficient (Wildman–Crippen LogP) is 5.30. The van der Waals surface area contributed by atoms with Crippen LogP contribution >= 0.6 is 0 Å². The van der Waals surface area contributed by atoms with Gasteiger partial charge in [-0.1, -0.05) is 42.5 Å². The molecule has 0 radical (unpaired) electrons. The number of pyridine rings is 1. The monoisotopic (exact) mass is 456 g/mol. The lowest BCUT2D eigenvalue weighted by molar-refractivity contribution is -0.118. The number of carbonyl (C=O) groups is 2. The van der Waals surface area contributed by atoms with Gasteiger partial charge in [-0.2, -0.15) is 0 Å². The third kappa shape index (κ3) is 5.81. The number of benzene rings is 2. The second-order valence-electron chi connectivity index (χ2n) is 9.05. The van der Waals surface area contributed by atoms with Gasteiger partial charge in [-0.05, 0) is 61.7 Å². The van der Waals surface area contributed by atoms with Gasteiger partial charge in [0.25, 0.3) is 0 Å². The Morgan fingerprint density at radius 1 is 1.00 bits per heavy atom. The molecular formula is C27H28N4O3. The van der Waals surface area contributed by atoms with Crippen molar-refractivity contribution in [1.82, 2.24) is 15.3 Å². The third-order valence-corrected chi connectivity index (χ3v) is 5.21. The lowest BCUT2D eigenvalue weighted by Crippen LogP contribution is -2.47. The molecule has 4 rings (SSSR count). The topological polar surface area (TPSA) is 96.1 Å². The summed E-state index contributed by atoms with van der Waals surface area (Å²) in [5.41, 5.74) is 3.80. The first-order chi connectivity index (χ1) is 16.3. The van der Waals surface area contributed by atoms with Crippen molar-refractivity contribution < 1.29 is 14.3 Å². The molecule has 7 heteroatoms. The van der Waals surface area contributed by atoms with Crippen molar-refractivity contribution in [3.63, 3.8) is 0 Å². The fraction of sp³-hybridized carbons (Fsp3) is 0.222. The molecule has 0 unspecified atom stereocenters. The molecule has 0 aliphatic rings. The summed E-state index contributed by atoms with van der Waals surface area (Å²) in [4.78, 5) is 32.9. The number of rotatable bonds is 6. The number of anilines is 1. The molecule has 174 valence electrons. The van der Waals surface area contributed by atoms with Crippen LogP contribution in [-0.4, -0.2) is 33.6 Å². The first-order valence-corrected chi connectivity index (χ1v) is 11.2. The molecule has 0 saturated carbocycles. The number of hydrogen-bond acceptors (Lipinski definition) is 4. The molecule has 4 aromatic rings. The third-order valence-electron chi connectivity index (χ3n) is 5.21. The molecule has 7 nitrogen and oxygen atoms in total. The van der Waals surface area contributed by atoms with Crippen molar-refractivity contribution in [1.29, 1.82) is 0 Å². The van der Waals surface area contributed by atoms with Crippen molar-refractivity contribution in [3.8, 4) is 11.1 Å². The number of aromatic amines is 1. The van der Waals surface area contributed by atoms with Gasteiger partial charge in [-0.3, -0.25) is 4.79 Å². The van der Waals surface area contributed by atoms with Crippen LogP contribution in [0.5, 0.6) is 0 Å². The standard InChI is InChI=1S/C27H28N4O3/c1-27(2,3)34-26(33)31-23(17-18-7-5-4-6-8-18)25(32)30-20-11-9-19(10-12-20)21-13-15-28-24-22(21)14-16-29-24/h4-16,23H,17H2,1-3H3,(H,28,29)(H,30,32)(H,31,33)/t23-/m0/s1. The van der Waals surface area contributed by atoms with Crippen LogP contribution in [0.4, 0.5) is 10.5 Å². The first-order valence-electron chi connectivity index (χ1n) is 11.2. The zero-order valence-corrected chi connectivity index (χ0v) is 19.5. The van der Waals surface area contributed by atoms with Crippen LogP contribution in [0.2, 0.25) is 0 Å². The molecule has 1 atom stereocenters. The van der Waals surface area contributed by atoms with Crippen molar-refractivity contribution in [3.05, 3.63) is 84.7 Å². The lowest BCUT2D eigenvalue weighted by atomic mass is 10.0. The molecule has 0 bridgehead atoms. The van der Waals surface area contributed by atoms with E-state index in [1.165, 1.54) is 0 Å². The maximum Gasteiger partial charge on any atom is 0.408 e. The van der Waals surface area contributed by atoms with E-state index in [0.717, 1.165) is 27.7 Å². The molecule has 0 aliphatic carbocycles. The number of amides is 2. The van der Waals surface area contributed by atoms with Crippen LogP contribution in [0.3, 0.4) is 0 Å². The van der Waals surface area contributed by atoms with Crippen molar-refractivity contribution in [2.75, 3.05) is 5.32 Å². The minimum Gasteiger partial charge on any atom is -0.444 e. The first kappa shape index (κ1) is 23.0. The average Bonchev–Trinajstić information content (AvgIpc) is 3.28. The number of alkyl carbamates (subject to hydrolysis) is 1. The highest BCUT2D eigenvalue weighted by Gasteiger charge is 2.25. The predicted molar refractivity (Wildman–Crippen MR) is 133 cm³/mol. The summed E-state index contributed by atoms with van der Waals surface area (Å²) in [6, 6.07) is 20.3. The molecule has 2 aromatic carbocycles. The Labute approximate surface area is 198 Å². The van der Waals surface area contributed by atoms with E-state index in [1.54, 1.807) is 27.0 Å². The summed E-state index contributed by atoms with van der Waals surface area (Å²) in [6.45, 7) is 5.35. The van der Waals surface area contributed by atoms with Gasteiger partial charge >= 0.3 is 6.09 Å². The number of nitrogens with zero attached hydrogens (tertiary/aromatic N) is 1. The molecule has 2 heterocycles. The Kier molecular flexibility index (Phi) is 6.63. The number of nitrogens with one attached hydrogen (secondary N) is 3. The Morgan fingerprint density at radius 3 is 2.44 bits per heavy atom. The Morgan fingerprint density at radius 2 is 1.74 bits per heavy atom. The van der Waals surface area contributed by atoms with Crippen LogP contribution in [-0.2, 0) is 16.0 Å². The lowest BCUT2D eigenvalue weighted by Gasteiger charge is -2.23. The maximum absolute atomic E-state index is 13.1. The summed E-state index contributed by atoms with van der Waals surface area (Å²) in [7, 11) is 0. The summed E-state index contributed by atoms with van der Waals surface area (Å²) >= 11 is 0. The van der Waals surface area contributed by atoms with Crippen molar-refractivity contribution in [2.45, 2.75) is 38.8 Å². The van der Waals surface area contributed by atoms with Gasteiger partial charge in [0.2, 0.25) is 5.91 Å². The highest BCUT2D eigenvalue weighted by atomic mass is 16.6. The van der Waals surface area contributed by atoms with E-state index < -0.39 is 17.7 Å².